The molecule has 0 amide bonds. The van der Waals surface area contributed by atoms with E-state index in [4.69, 9.17) is 24.7 Å². The minimum atomic E-state index is -3.35. The van der Waals surface area contributed by atoms with Crippen molar-refractivity contribution in [3.63, 3.8) is 0 Å². The van der Waals surface area contributed by atoms with Crippen LogP contribution in [0, 0.1) is 33.1 Å². The van der Waals surface area contributed by atoms with Gasteiger partial charge in [-0.2, -0.15) is 0 Å². The largest absolute Gasteiger partial charge is 0.508 e. The van der Waals surface area contributed by atoms with E-state index in [1.807, 2.05) is 112 Å². The zero-order valence-corrected chi connectivity index (χ0v) is 47.8. The summed E-state index contributed by atoms with van der Waals surface area (Å²) in [6.45, 7) is 14.8. The highest BCUT2D eigenvalue weighted by Gasteiger charge is 2.24. The molecule has 7 heterocycles. The van der Waals surface area contributed by atoms with Crippen LogP contribution in [0.5, 0.6) is 5.75 Å². The first kappa shape index (κ1) is 56.7. The Morgan fingerprint density at radius 2 is 1.05 bits per heavy atom. The summed E-state index contributed by atoms with van der Waals surface area (Å²) in [6.07, 6.45) is 11.8. The molecule has 84 heavy (non-hydrogen) atoms. The molecule has 0 atom stereocenters. The Kier molecular flexibility index (Phi) is 16.6. The molecule has 6 aromatic heterocycles. The van der Waals surface area contributed by atoms with Crippen molar-refractivity contribution in [1.29, 1.82) is 0 Å². The number of sulfone groups is 1. The number of hydrogen-bond donors (Lipinski definition) is 1. The summed E-state index contributed by atoms with van der Waals surface area (Å²) in [7, 11) is 0.613. The fourth-order valence-electron chi connectivity index (χ4n) is 8.38. The number of benzene rings is 5. The zero-order chi connectivity index (χ0) is 59.1. The van der Waals surface area contributed by atoms with Gasteiger partial charge in [0.15, 0.2) is 9.84 Å². The Morgan fingerprint density at radius 1 is 0.595 bits per heavy atom. The van der Waals surface area contributed by atoms with Gasteiger partial charge < -0.3 is 28.2 Å². The fourth-order valence-corrected chi connectivity index (χ4v) is 9.44. The van der Waals surface area contributed by atoms with E-state index in [0.717, 1.165) is 70.0 Å². The lowest BCUT2D eigenvalue weighted by molar-refractivity contribution is 0.475. The van der Waals surface area contributed by atoms with Crippen LogP contribution in [0.25, 0.3) is 97.1 Å². The summed E-state index contributed by atoms with van der Waals surface area (Å²) in [4.78, 5) is 31.6. The van der Waals surface area contributed by atoms with E-state index < -0.39 is 15.1 Å². The Balaban J connectivity index is 0.000000207. The summed E-state index contributed by atoms with van der Waals surface area (Å²) in [5, 5.41) is 33.6. The molecule has 1 N–H and O–H groups in total. The van der Waals surface area contributed by atoms with Crippen molar-refractivity contribution in [1.82, 2.24) is 65.4 Å². The molecule has 1 fully saturated rings. The third kappa shape index (κ3) is 12.5. The number of phenolic OH excluding ortho intramolecular Hbond substituents is 1. The van der Waals surface area contributed by atoms with Crippen molar-refractivity contribution in [2.24, 2.45) is 0 Å². The Labute approximate surface area is 491 Å². The van der Waals surface area contributed by atoms with Crippen LogP contribution in [0.15, 0.2) is 171 Å². The molecule has 428 valence electrons. The zero-order valence-electron chi connectivity index (χ0n) is 47.0. The van der Waals surface area contributed by atoms with Gasteiger partial charge in [0.2, 0.25) is 11.8 Å². The molecule has 1 aliphatic rings. The molecule has 1 aliphatic heterocycles. The molecular weight excluding hydrogens is 1080 g/mol. The number of nitrogens with zero attached hydrogens (tertiary/aromatic N) is 14. The number of hydrogen-bond acceptors (Lipinski definition) is 20. The predicted molar refractivity (Wildman–Crippen MR) is 327 cm³/mol. The van der Waals surface area contributed by atoms with E-state index in [0.29, 0.717) is 75.0 Å². The van der Waals surface area contributed by atoms with Crippen molar-refractivity contribution in [2.75, 3.05) is 32.1 Å². The molecule has 21 heteroatoms. The SMILES string of the molecule is C#Cc1ccccc1-c1cnc(C)c(-c2nnc(-c3ccccc3)o2)n1.C=C(c1ccc(-c2cnc(C)c(-c3nnc(N4CCC4)o3)n2)cc1)N(C)C.Cc1ncc(-c2ccc(S(=O)(=O)C(C)C)cc2)nc1-c1nnc(-c2ccc(O)cc2)o1.[HH].[HH].[HH].[HH]. The molecule has 11 aromatic rings. The maximum Gasteiger partial charge on any atom is 0.318 e. The fraction of sp³-hybridized carbons (Fsp3) is 0.175. The van der Waals surface area contributed by atoms with E-state index in [-0.39, 0.29) is 22.2 Å². The Morgan fingerprint density at radius 3 is 1.56 bits per heavy atom. The van der Waals surface area contributed by atoms with E-state index in [1.165, 1.54) is 12.1 Å². The first-order chi connectivity index (χ1) is 40.5. The van der Waals surface area contributed by atoms with Gasteiger partial charge in [-0.15, -0.1) is 31.9 Å². The molecule has 0 bridgehead atoms. The van der Waals surface area contributed by atoms with Crippen LogP contribution in [-0.4, -0.2) is 111 Å². The molecular formula is C63H64N14O6S. The van der Waals surface area contributed by atoms with Crippen molar-refractivity contribution in [3.8, 4) is 110 Å². The highest BCUT2D eigenvalue weighted by Crippen LogP contribution is 2.32. The smallest absolute Gasteiger partial charge is 0.318 e. The topological polar surface area (TPSA) is 255 Å². The lowest BCUT2D eigenvalue weighted by Crippen LogP contribution is -2.37. The maximum atomic E-state index is 12.3. The summed E-state index contributed by atoms with van der Waals surface area (Å²) in [6, 6.07) is 38.8. The number of aryl methyl sites for hydroxylation is 3. The average Bonchev–Trinajstić information content (AvgIpc) is 3.81. The van der Waals surface area contributed by atoms with Gasteiger partial charge in [-0.25, -0.2) is 23.4 Å². The van der Waals surface area contributed by atoms with Crippen LogP contribution in [0.2, 0.25) is 0 Å². The highest BCUT2D eigenvalue weighted by atomic mass is 32.2. The van der Waals surface area contributed by atoms with Gasteiger partial charge in [0, 0.05) is 72.0 Å². The lowest BCUT2D eigenvalue weighted by Gasteiger charge is -2.28. The maximum absolute atomic E-state index is 12.3. The van der Waals surface area contributed by atoms with Gasteiger partial charge in [0.25, 0.3) is 17.7 Å². The van der Waals surface area contributed by atoms with Crippen LogP contribution < -0.4 is 4.90 Å². The van der Waals surface area contributed by atoms with Crippen LogP contribution >= 0.6 is 0 Å². The van der Waals surface area contributed by atoms with E-state index in [1.54, 1.807) is 75.8 Å². The van der Waals surface area contributed by atoms with Gasteiger partial charge in [-0.1, -0.05) is 90.4 Å². The summed E-state index contributed by atoms with van der Waals surface area (Å²) in [5.41, 5.74) is 12.5. The average molecular weight is 1150 g/mol. The number of phenols is 1. The summed E-state index contributed by atoms with van der Waals surface area (Å²) in [5.74, 6) is 4.50. The predicted octanol–water partition coefficient (Wildman–Crippen LogP) is 12.4. The van der Waals surface area contributed by atoms with Crippen LogP contribution in [-0.2, 0) is 9.84 Å². The van der Waals surface area contributed by atoms with Crippen molar-refractivity contribution < 1.29 is 32.5 Å². The molecule has 5 aromatic carbocycles. The molecule has 1 saturated heterocycles. The van der Waals surface area contributed by atoms with Crippen LogP contribution in [0.3, 0.4) is 0 Å². The molecule has 0 unspecified atom stereocenters. The number of anilines is 1. The second-order valence-corrected chi connectivity index (χ2v) is 22.3. The normalized spacial score (nSPS) is 11.9. The van der Waals surface area contributed by atoms with Gasteiger partial charge in [-0.05, 0) is 101 Å². The van der Waals surface area contributed by atoms with Gasteiger partial charge >= 0.3 is 6.01 Å². The van der Waals surface area contributed by atoms with Gasteiger partial charge in [-0.3, -0.25) is 15.0 Å². The van der Waals surface area contributed by atoms with Crippen LogP contribution in [0.1, 0.15) is 54.2 Å². The highest BCUT2D eigenvalue weighted by molar-refractivity contribution is 7.92. The lowest BCUT2D eigenvalue weighted by atomic mass is 10.1. The van der Waals surface area contributed by atoms with Gasteiger partial charge in [0.05, 0.1) is 62.9 Å². The number of aromatic nitrogens is 12. The minimum absolute atomic E-state index is 0. The molecule has 20 nitrogen and oxygen atoms in total. The standard InChI is InChI=1S/C22H20N4O4S.C21H14N4O.C20H22N6O.4H2/c1-13(2)31(28,29)18-10-6-15(7-11-18)19-12-23-14(3)20(24-19)22-26-25-21(30-22)16-4-8-17(27)9-5-16;1-3-15-9-7-8-12-17(15)18-13-22-14(2)19(23-18)21-25-24-20(26-21)16-10-5-4-6-11-16;1-13-18(19-23-24-20(27-19)26-10-5-11-26)22-17(12-21-13)16-8-6-15(7-9-16)14(2)25(3)4;;;;/h4-13,27H,1-3H3;1,4-13H,2H3;6-9,12H,2,5,10-11H2,1,3-4H3;4*1H. The second-order valence-electron chi connectivity index (χ2n) is 19.8. The second kappa shape index (κ2) is 24.6. The van der Waals surface area contributed by atoms with Crippen LogP contribution in [0.4, 0.5) is 6.01 Å². The summed E-state index contributed by atoms with van der Waals surface area (Å²) < 4.78 is 42.1. The molecule has 0 aliphatic carbocycles. The summed E-state index contributed by atoms with van der Waals surface area (Å²) >= 11 is 0. The third-order valence-electron chi connectivity index (χ3n) is 13.5. The number of terminal acetylenes is 1. The molecule has 0 spiro atoms. The first-order valence-electron chi connectivity index (χ1n) is 26.5. The third-order valence-corrected chi connectivity index (χ3v) is 15.7. The molecule has 0 saturated carbocycles. The minimum Gasteiger partial charge on any atom is -0.508 e. The number of aromatic hydroxyl groups is 1. The number of rotatable bonds is 13. The van der Waals surface area contributed by atoms with Crippen molar-refractivity contribution in [3.05, 3.63) is 181 Å². The Hall–Kier alpha value is -10.6. The first-order valence-corrected chi connectivity index (χ1v) is 28.1. The van der Waals surface area contributed by atoms with E-state index in [9.17, 15) is 13.5 Å². The molecule has 0 radical (unpaired) electrons. The van der Waals surface area contributed by atoms with E-state index in [2.05, 4.69) is 72.9 Å². The quantitative estimate of drug-likeness (QED) is 0.105. The monoisotopic (exact) mass is 1140 g/mol. The van der Waals surface area contributed by atoms with Gasteiger partial charge in [0.1, 0.15) is 22.8 Å². The van der Waals surface area contributed by atoms with Crippen molar-refractivity contribution >= 4 is 21.5 Å². The van der Waals surface area contributed by atoms with Crippen molar-refractivity contribution in [2.45, 2.75) is 51.2 Å². The Bertz CT molecular complexity index is 4310. The van der Waals surface area contributed by atoms with E-state index >= 15 is 0 Å². The molecule has 12 rings (SSSR count).